The van der Waals surface area contributed by atoms with E-state index in [0.29, 0.717) is 43.2 Å². The third-order valence-corrected chi connectivity index (χ3v) is 5.59. The van der Waals surface area contributed by atoms with E-state index >= 15 is 0 Å². The molecule has 1 atom stereocenters. The molecule has 0 aromatic heterocycles. The van der Waals surface area contributed by atoms with Gasteiger partial charge < -0.3 is 0 Å². The van der Waals surface area contributed by atoms with E-state index < -0.39 is 17.5 Å². The van der Waals surface area contributed by atoms with Gasteiger partial charge in [0.25, 0.3) is 0 Å². The molecule has 0 radical (unpaired) electrons. The Morgan fingerprint density at radius 3 is 2.52 bits per heavy atom. The molecule has 3 rings (SSSR count). The van der Waals surface area contributed by atoms with E-state index in [2.05, 4.69) is 6.92 Å². The first kappa shape index (κ1) is 19.5. The highest BCUT2D eigenvalue weighted by Crippen LogP contribution is 2.32. The topological polar surface area (TPSA) is 23.8 Å². The first-order chi connectivity index (χ1) is 13.0. The number of fused-ring (bicyclic) bond motifs is 1. The second-order valence-corrected chi connectivity index (χ2v) is 7.47. The van der Waals surface area contributed by atoms with Gasteiger partial charge in [-0.1, -0.05) is 19.4 Å². The summed E-state index contributed by atoms with van der Waals surface area (Å²) in [5.41, 5.74) is 2.50. The van der Waals surface area contributed by atoms with Crippen molar-refractivity contribution in [3.05, 3.63) is 69.5 Å². The second-order valence-electron chi connectivity index (χ2n) is 7.47. The summed E-state index contributed by atoms with van der Waals surface area (Å²) in [6.07, 6.45) is 5.66. The van der Waals surface area contributed by atoms with Gasteiger partial charge in [0, 0.05) is 5.56 Å². The normalized spacial score (nSPS) is 16.0. The summed E-state index contributed by atoms with van der Waals surface area (Å²) in [5.74, 6) is -1.05. The molecule has 2 aromatic rings. The molecule has 4 heteroatoms. The van der Waals surface area contributed by atoms with Gasteiger partial charge in [-0.15, -0.1) is 0 Å². The average molecular weight is 371 g/mol. The lowest BCUT2D eigenvalue weighted by Crippen LogP contribution is -2.17. The maximum absolute atomic E-state index is 14.3. The number of nitriles is 1. The monoisotopic (exact) mass is 371 g/mol. The fourth-order valence-electron chi connectivity index (χ4n) is 3.99. The molecule has 1 aliphatic rings. The van der Waals surface area contributed by atoms with Crippen molar-refractivity contribution < 1.29 is 13.2 Å². The van der Waals surface area contributed by atoms with Crippen molar-refractivity contribution >= 4 is 0 Å². The van der Waals surface area contributed by atoms with Crippen molar-refractivity contribution in [3.63, 3.8) is 0 Å². The maximum atomic E-state index is 14.3. The zero-order valence-electron chi connectivity index (χ0n) is 15.6. The predicted molar refractivity (Wildman–Crippen MR) is 99.9 cm³/mol. The quantitative estimate of drug-likeness (QED) is 0.606. The highest BCUT2D eigenvalue weighted by atomic mass is 19.1. The maximum Gasteiger partial charge on any atom is 0.144 e. The molecule has 0 N–H and O–H groups in total. The second kappa shape index (κ2) is 8.61. The Morgan fingerprint density at radius 2 is 1.85 bits per heavy atom. The summed E-state index contributed by atoms with van der Waals surface area (Å²) in [5, 5.41) is 8.94. The summed E-state index contributed by atoms with van der Waals surface area (Å²) in [4.78, 5) is 0. The van der Waals surface area contributed by atoms with Crippen molar-refractivity contribution in [3.8, 4) is 6.07 Å². The van der Waals surface area contributed by atoms with Crippen LogP contribution in [0.3, 0.4) is 0 Å². The largest absolute Gasteiger partial charge is 0.207 e. The predicted octanol–water partition coefficient (Wildman–Crippen LogP) is 6.06. The van der Waals surface area contributed by atoms with Crippen LogP contribution >= 0.6 is 0 Å². The Hall–Kier alpha value is -2.28. The fourth-order valence-corrected chi connectivity index (χ4v) is 3.99. The number of hydrogen-bond donors (Lipinski definition) is 0. The molecule has 27 heavy (non-hydrogen) atoms. The van der Waals surface area contributed by atoms with E-state index in [-0.39, 0.29) is 17.0 Å². The first-order valence-corrected chi connectivity index (χ1v) is 9.70. The summed E-state index contributed by atoms with van der Waals surface area (Å²) < 4.78 is 42.9. The molecular weight excluding hydrogens is 347 g/mol. The minimum Gasteiger partial charge on any atom is -0.207 e. The van der Waals surface area contributed by atoms with Crippen molar-refractivity contribution in [1.29, 1.82) is 5.26 Å². The highest BCUT2D eigenvalue weighted by Gasteiger charge is 2.23. The van der Waals surface area contributed by atoms with Gasteiger partial charge in [0.2, 0.25) is 0 Å². The Balaban J connectivity index is 1.66. The van der Waals surface area contributed by atoms with Crippen molar-refractivity contribution in [1.82, 2.24) is 0 Å². The zero-order chi connectivity index (χ0) is 19.4. The smallest absolute Gasteiger partial charge is 0.144 e. The van der Waals surface area contributed by atoms with Crippen LogP contribution in [0.1, 0.15) is 60.4 Å². The third kappa shape index (κ3) is 4.35. The van der Waals surface area contributed by atoms with Gasteiger partial charge in [0.05, 0.1) is 5.56 Å². The Labute approximate surface area is 158 Å². The summed E-state index contributed by atoms with van der Waals surface area (Å²) in [6.45, 7) is 2.05. The van der Waals surface area contributed by atoms with Gasteiger partial charge in [-0.2, -0.15) is 5.26 Å². The van der Waals surface area contributed by atoms with Crippen LogP contribution in [0.15, 0.2) is 24.3 Å². The molecule has 142 valence electrons. The molecule has 0 saturated heterocycles. The Bertz CT molecular complexity index is 844. The molecule has 2 aromatic carbocycles. The van der Waals surface area contributed by atoms with Crippen LogP contribution in [0.2, 0.25) is 0 Å². The molecular formula is C23H24F3N. The molecule has 0 amide bonds. The molecule has 0 saturated carbocycles. The minimum absolute atomic E-state index is 0.0829. The van der Waals surface area contributed by atoms with Gasteiger partial charge in [0.1, 0.15) is 23.5 Å². The van der Waals surface area contributed by atoms with Crippen LogP contribution < -0.4 is 0 Å². The van der Waals surface area contributed by atoms with Crippen molar-refractivity contribution in [2.75, 3.05) is 0 Å². The molecule has 1 unspecified atom stereocenters. The lowest BCUT2D eigenvalue weighted by molar-refractivity contribution is 0.411. The zero-order valence-corrected chi connectivity index (χ0v) is 15.6. The molecule has 1 aliphatic carbocycles. The molecule has 0 fully saturated rings. The lowest BCUT2D eigenvalue weighted by Gasteiger charge is -2.25. The summed E-state index contributed by atoms with van der Waals surface area (Å²) >= 11 is 0. The van der Waals surface area contributed by atoms with E-state index in [4.69, 9.17) is 5.26 Å². The van der Waals surface area contributed by atoms with Gasteiger partial charge >= 0.3 is 0 Å². The highest BCUT2D eigenvalue weighted by molar-refractivity contribution is 5.41. The number of benzene rings is 2. The van der Waals surface area contributed by atoms with E-state index in [1.54, 1.807) is 0 Å². The number of aryl methyl sites for hydroxylation is 1. The lowest BCUT2D eigenvalue weighted by atomic mass is 9.80. The van der Waals surface area contributed by atoms with Gasteiger partial charge in [-0.05, 0) is 85.8 Å². The number of hydrogen-bond acceptors (Lipinski definition) is 1. The molecule has 1 nitrogen and oxygen atoms in total. The van der Waals surface area contributed by atoms with Crippen molar-refractivity contribution in [2.45, 2.75) is 58.3 Å². The number of nitrogens with zero attached hydrogens (tertiary/aromatic N) is 1. The van der Waals surface area contributed by atoms with Crippen LogP contribution in [0.25, 0.3) is 0 Å². The van der Waals surface area contributed by atoms with Crippen molar-refractivity contribution in [2.24, 2.45) is 5.92 Å². The number of rotatable bonds is 6. The van der Waals surface area contributed by atoms with Crippen LogP contribution in [0.5, 0.6) is 0 Å². The van der Waals surface area contributed by atoms with Crippen LogP contribution in [0, 0.1) is 34.7 Å². The SMILES string of the molecule is CCCCc1cc(F)c(CCC2CCc3c(ccc(C#N)c3F)C2)c(F)c1. The van der Waals surface area contributed by atoms with E-state index in [1.807, 2.05) is 12.1 Å². The van der Waals surface area contributed by atoms with Crippen LogP contribution in [-0.2, 0) is 25.7 Å². The number of unbranched alkanes of at least 4 members (excludes halogenated alkanes) is 1. The van der Waals surface area contributed by atoms with E-state index in [9.17, 15) is 13.2 Å². The average Bonchev–Trinajstić information content (AvgIpc) is 2.66. The third-order valence-electron chi connectivity index (χ3n) is 5.59. The minimum atomic E-state index is -0.456. The number of halogens is 3. The van der Waals surface area contributed by atoms with Gasteiger partial charge in [-0.3, -0.25) is 0 Å². The fraction of sp³-hybridized carbons (Fsp3) is 0.435. The Kier molecular flexibility index (Phi) is 6.21. The van der Waals surface area contributed by atoms with E-state index in [0.717, 1.165) is 24.8 Å². The standard InChI is InChI=1S/C23H24F3N/c1-2-3-4-16-12-21(24)20(22(25)13-16)10-6-15-5-9-19-17(11-15)7-8-18(14-27)23(19)26/h7-8,12-13,15H,2-6,9-11H2,1H3. The van der Waals surface area contributed by atoms with Gasteiger partial charge in [0.15, 0.2) is 0 Å². The van der Waals surface area contributed by atoms with E-state index in [1.165, 1.54) is 18.2 Å². The molecule has 0 heterocycles. The first-order valence-electron chi connectivity index (χ1n) is 9.70. The Morgan fingerprint density at radius 1 is 1.11 bits per heavy atom. The van der Waals surface area contributed by atoms with Crippen LogP contribution in [-0.4, -0.2) is 0 Å². The summed E-state index contributed by atoms with van der Waals surface area (Å²) in [7, 11) is 0. The summed E-state index contributed by atoms with van der Waals surface area (Å²) in [6, 6.07) is 8.13. The molecule has 0 aliphatic heterocycles. The van der Waals surface area contributed by atoms with Crippen LogP contribution in [0.4, 0.5) is 13.2 Å². The molecule has 0 bridgehead atoms. The molecule has 0 spiro atoms. The van der Waals surface area contributed by atoms with Gasteiger partial charge in [-0.25, -0.2) is 13.2 Å².